The average Bonchev–Trinajstić information content (AvgIpc) is 2.89. The third-order valence-corrected chi connectivity index (χ3v) is 2.74. The molecule has 1 aromatic heterocycles. The van der Waals surface area contributed by atoms with Crippen molar-refractivity contribution < 1.29 is 13.2 Å². The molecule has 1 atom stereocenters. The van der Waals surface area contributed by atoms with Crippen molar-refractivity contribution in [1.29, 1.82) is 0 Å². The Labute approximate surface area is 108 Å². The first kappa shape index (κ1) is 13.5. The van der Waals surface area contributed by atoms with Crippen molar-refractivity contribution in [3.63, 3.8) is 0 Å². The molecule has 0 spiro atoms. The molecule has 2 rings (SSSR count). The molecule has 0 bridgehead atoms. The number of H-pyrrole nitrogens is 1. The molecule has 0 amide bonds. The fourth-order valence-electron chi connectivity index (χ4n) is 1.60. The summed E-state index contributed by atoms with van der Waals surface area (Å²) in [4.78, 5) is 4.00. The summed E-state index contributed by atoms with van der Waals surface area (Å²) in [6.45, 7) is 2.35. The number of rotatable bonds is 4. The third-order valence-electron chi connectivity index (χ3n) is 2.74. The number of benzene rings is 1. The number of nitrogens with zero attached hydrogens (tertiary/aromatic N) is 2. The van der Waals surface area contributed by atoms with Crippen LogP contribution in [-0.2, 0) is 12.7 Å². The maximum absolute atomic E-state index is 12.4. The molecule has 0 saturated heterocycles. The second-order valence-corrected chi connectivity index (χ2v) is 4.17. The fraction of sp³-hybridized carbons (Fsp3) is 0.333. The standard InChI is InChI=1S/C12H13F3N4/c1-8(11-17-7-18-19-11)16-6-9-2-4-10(5-3-9)12(13,14)15/h2-5,7-8,16H,6H2,1H3,(H,17,18,19). The number of aromatic nitrogens is 3. The smallest absolute Gasteiger partial charge is 0.303 e. The van der Waals surface area contributed by atoms with Crippen molar-refractivity contribution in [2.75, 3.05) is 0 Å². The zero-order valence-electron chi connectivity index (χ0n) is 10.2. The summed E-state index contributed by atoms with van der Waals surface area (Å²) in [5.74, 6) is 0.687. The molecule has 0 aliphatic rings. The molecule has 0 saturated carbocycles. The number of aromatic amines is 1. The van der Waals surface area contributed by atoms with Gasteiger partial charge in [-0.15, -0.1) is 0 Å². The molecule has 1 unspecified atom stereocenters. The quantitative estimate of drug-likeness (QED) is 0.898. The van der Waals surface area contributed by atoms with Crippen molar-refractivity contribution in [3.05, 3.63) is 47.5 Å². The van der Waals surface area contributed by atoms with Gasteiger partial charge in [-0.1, -0.05) is 12.1 Å². The van der Waals surface area contributed by atoms with Crippen LogP contribution in [0.5, 0.6) is 0 Å². The Morgan fingerprint density at radius 3 is 2.47 bits per heavy atom. The van der Waals surface area contributed by atoms with Gasteiger partial charge in [-0.25, -0.2) is 4.98 Å². The molecule has 4 nitrogen and oxygen atoms in total. The Morgan fingerprint density at radius 1 is 1.26 bits per heavy atom. The summed E-state index contributed by atoms with van der Waals surface area (Å²) >= 11 is 0. The first-order chi connectivity index (χ1) is 8.97. The number of halogens is 3. The van der Waals surface area contributed by atoms with E-state index in [0.717, 1.165) is 17.7 Å². The lowest BCUT2D eigenvalue weighted by Gasteiger charge is -2.12. The molecule has 0 aliphatic heterocycles. The van der Waals surface area contributed by atoms with Crippen LogP contribution in [0.2, 0.25) is 0 Å². The molecule has 102 valence electrons. The van der Waals surface area contributed by atoms with Gasteiger partial charge in [0, 0.05) is 6.54 Å². The number of hydrogen-bond acceptors (Lipinski definition) is 3. The Balaban J connectivity index is 1.93. The van der Waals surface area contributed by atoms with Crippen LogP contribution >= 0.6 is 0 Å². The van der Waals surface area contributed by atoms with Gasteiger partial charge in [-0.05, 0) is 24.6 Å². The van der Waals surface area contributed by atoms with Crippen molar-refractivity contribution in [2.45, 2.75) is 25.7 Å². The summed E-state index contributed by atoms with van der Waals surface area (Å²) < 4.78 is 37.2. The molecule has 0 radical (unpaired) electrons. The van der Waals surface area contributed by atoms with Crippen LogP contribution in [-0.4, -0.2) is 15.2 Å². The molecule has 0 aliphatic carbocycles. The highest BCUT2D eigenvalue weighted by atomic mass is 19.4. The third kappa shape index (κ3) is 3.54. The first-order valence-electron chi connectivity index (χ1n) is 5.71. The van der Waals surface area contributed by atoms with Crippen LogP contribution in [0, 0.1) is 0 Å². The van der Waals surface area contributed by atoms with Crippen LogP contribution in [0.1, 0.15) is 29.9 Å². The number of nitrogens with one attached hydrogen (secondary N) is 2. The van der Waals surface area contributed by atoms with Gasteiger partial charge in [-0.3, -0.25) is 5.10 Å². The van der Waals surface area contributed by atoms with Gasteiger partial charge < -0.3 is 5.32 Å². The van der Waals surface area contributed by atoms with E-state index in [0.29, 0.717) is 12.4 Å². The van der Waals surface area contributed by atoms with E-state index in [4.69, 9.17) is 0 Å². The van der Waals surface area contributed by atoms with Crippen molar-refractivity contribution in [1.82, 2.24) is 20.5 Å². The second kappa shape index (κ2) is 5.40. The Kier molecular flexibility index (Phi) is 3.84. The molecular formula is C12H13F3N4. The minimum Gasteiger partial charge on any atom is -0.303 e. The summed E-state index contributed by atoms with van der Waals surface area (Å²) in [5.41, 5.74) is 0.138. The van der Waals surface area contributed by atoms with Gasteiger partial charge >= 0.3 is 6.18 Å². The Morgan fingerprint density at radius 2 is 1.95 bits per heavy atom. The molecule has 2 aromatic rings. The maximum Gasteiger partial charge on any atom is 0.416 e. The van der Waals surface area contributed by atoms with Crippen LogP contribution in [0.15, 0.2) is 30.6 Å². The van der Waals surface area contributed by atoms with E-state index >= 15 is 0 Å². The molecule has 1 aromatic carbocycles. The van der Waals surface area contributed by atoms with Crippen molar-refractivity contribution in [3.8, 4) is 0 Å². The predicted molar refractivity (Wildman–Crippen MR) is 63.1 cm³/mol. The zero-order chi connectivity index (χ0) is 13.9. The normalized spacial score (nSPS) is 13.5. The monoisotopic (exact) mass is 270 g/mol. The second-order valence-electron chi connectivity index (χ2n) is 4.17. The van der Waals surface area contributed by atoms with E-state index in [2.05, 4.69) is 20.5 Å². The van der Waals surface area contributed by atoms with E-state index in [1.165, 1.54) is 18.5 Å². The lowest BCUT2D eigenvalue weighted by molar-refractivity contribution is -0.137. The summed E-state index contributed by atoms with van der Waals surface area (Å²) in [7, 11) is 0. The highest BCUT2D eigenvalue weighted by Crippen LogP contribution is 2.29. The highest BCUT2D eigenvalue weighted by Gasteiger charge is 2.29. The molecule has 7 heteroatoms. The van der Waals surface area contributed by atoms with Gasteiger partial charge in [0.2, 0.25) is 0 Å². The maximum atomic E-state index is 12.4. The summed E-state index contributed by atoms with van der Waals surface area (Å²) in [6.07, 6.45) is -2.88. The molecule has 19 heavy (non-hydrogen) atoms. The van der Waals surface area contributed by atoms with Crippen molar-refractivity contribution >= 4 is 0 Å². The fourth-order valence-corrected chi connectivity index (χ4v) is 1.60. The molecule has 2 N–H and O–H groups in total. The minimum absolute atomic E-state index is 0.0511. The average molecular weight is 270 g/mol. The predicted octanol–water partition coefficient (Wildman–Crippen LogP) is 2.67. The van der Waals surface area contributed by atoms with E-state index in [1.807, 2.05) is 6.92 Å². The summed E-state index contributed by atoms with van der Waals surface area (Å²) in [6, 6.07) is 5.03. The van der Waals surface area contributed by atoms with Gasteiger partial charge in [0.25, 0.3) is 0 Å². The lowest BCUT2D eigenvalue weighted by atomic mass is 10.1. The number of alkyl halides is 3. The first-order valence-corrected chi connectivity index (χ1v) is 5.71. The zero-order valence-corrected chi connectivity index (χ0v) is 10.2. The van der Waals surface area contributed by atoms with Gasteiger partial charge in [-0.2, -0.15) is 18.3 Å². The van der Waals surface area contributed by atoms with Gasteiger partial charge in [0.1, 0.15) is 12.2 Å². The largest absolute Gasteiger partial charge is 0.416 e. The van der Waals surface area contributed by atoms with Crippen LogP contribution in [0.3, 0.4) is 0 Å². The van der Waals surface area contributed by atoms with E-state index in [-0.39, 0.29) is 6.04 Å². The van der Waals surface area contributed by atoms with Crippen molar-refractivity contribution in [2.24, 2.45) is 0 Å². The summed E-state index contributed by atoms with van der Waals surface area (Å²) in [5, 5.41) is 9.61. The number of hydrogen-bond donors (Lipinski definition) is 2. The van der Waals surface area contributed by atoms with E-state index in [1.54, 1.807) is 0 Å². The Bertz CT molecular complexity index is 505. The lowest BCUT2D eigenvalue weighted by Crippen LogP contribution is -2.19. The highest BCUT2D eigenvalue weighted by molar-refractivity contribution is 5.24. The topological polar surface area (TPSA) is 53.6 Å². The molecule has 1 heterocycles. The molecular weight excluding hydrogens is 257 g/mol. The van der Waals surface area contributed by atoms with Gasteiger partial charge in [0.05, 0.1) is 11.6 Å². The minimum atomic E-state index is -4.29. The van der Waals surface area contributed by atoms with E-state index < -0.39 is 11.7 Å². The van der Waals surface area contributed by atoms with Crippen LogP contribution in [0.25, 0.3) is 0 Å². The Hall–Kier alpha value is -1.89. The van der Waals surface area contributed by atoms with Crippen LogP contribution < -0.4 is 5.32 Å². The SMILES string of the molecule is CC(NCc1ccc(C(F)(F)F)cc1)c1ncn[nH]1. The molecule has 0 fully saturated rings. The van der Waals surface area contributed by atoms with Gasteiger partial charge in [0.15, 0.2) is 0 Å². The van der Waals surface area contributed by atoms with Crippen LogP contribution in [0.4, 0.5) is 13.2 Å². The van der Waals surface area contributed by atoms with E-state index in [9.17, 15) is 13.2 Å².